The van der Waals surface area contributed by atoms with Crippen molar-refractivity contribution in [1.82, 2.24) is 0 Å². The molecule has 0 bridgehead atoms. The van der Waals surface area contributed by atoms with Crippen LogP contribution in [0.2, 0.25) is 0 Å². The molecule has 0 aliphatic carbocycles. The Labute approximate surface area is 110 Å². The van der Waals surface area contributed by atoms with Crippen LogP contribution in [-0.4, -0.2) is 36.6 Å². The SMILES string of the molecule is COc1ccc(C2=NOC(C)(C(=O)O)C2)c(OC)c1. The molecule has 0 spiro atoms. The topological polar surface area (TPSA) is 77.4 Å². The van der Waals surface area contributed by atoms with E-state index in [2.05, 4.69) is 5.16 Å². The zero-order chi connectivity index (χ0) is 14.0. The fourth-order valence-electron chi connectivity index (χ4n) is 1.84. The summed E-state index contributed by atoms with van der Waals surface area (Å²) in [5.74, 6) is 0.177. The van der Waals surface area contributed by atoms with Gasteiger partial charge >= 0.3 is 5.97 Å². The van der Waals surface area contributed by atoms with E-state index in [4.69, 9.17) is 19.4 Å². The fourth-order valence-corrected chi connectivity index (χ4v) is 1.84. The molecular formula is C13H15NO5. The van der Waals surface area contributed by atoms with Crippen molar-refractivity contribution in [2.45, 2.75) is 18.9 Å². The van der Waals surface area contributed by atoms with E-state index >= 15 is 0 Å². The maximum Gasteiger partial charge on any atom is 0.351 e. The number of oxime groups is 1. The quantitative estimate of drug-likeness (QED) is 0.896. The average Bonchev–Trinajstić information content (AvgIpc) is 2.82. The van der Waals surface area contributed by atoms with Crippen molar-refractivity contribution in [3.8, 4) is 11.5 Å². The van der Waals surface area contributed by atoms with Gasteiger partial charge in [-0.15, -0.1) is 0 Å². The number of nitrogens with zero attached hydrogens (tertiary/aromatic N) is 1. The molecule has 1 unspecified atom stereocenters. The molecule has 0 aromatic heterocycles. The Bertz CT molecular complexity index is 540. The van der Waals surface area contributed by atoms with E-state index < -0.39 is 11.6 Å². The minimum absolute atomic E-state index is 0.186. The van der Waals surface area contributed by atoms with Gasteiger partial charge in [-0.25, -0.2) is 4.79 Å². The minimum Gasteiger partial charge on any atom is -0.497 e. The van der Waals surface area contributed by atoms with Crippen LogP contribution in [0.3, 0.4) is 0 Å². The number of carboxylic acid groups (broad SMARTS) is 1. The predicted octanol–water partition coefficient (Wildman–Crippen LogP) is 1.67. The van der Waals surface area contributed by atoms with Gasteiger partial charge in [-0.05, 0) is 19.1 Å². The summed E-state index contributed by atoms with van der Waals surface area (Å²) in [6.45, 7) is 1.49. The van der Waals surface area contributed by atoms with Crippen LogP contribution in [0.4, 0.5) is 0 Å². The Morgan fingerprint density at radius 1 is 1.42 bits per heavy atom. The van der Waals surface area contributed by atoms with Crippen LogP contribution >= 0.6 is 0 Å². The Morgan fingerprint density at radius 3 is 2.68 bits per heavy atom. The van der Waals surface area contributed by atoms with E-state index in [1.807, 2.05) is 0 Å². The molecule has 1 atom stereocenters. The van der Waals surface area contributed by atoms with Crippen molar-refractivity contribution < 1.29 is 24.2 Å². The van der Waals surface area contributed by atoms with Gasteiger partial charge in [-0.2, -0.15) is 0 Å². The summed E-state index contributed by atoms with van der Waals surface area (Å²) in [5, 5.41) is 13.0. The summed E-state index contributed by atoms with van der Waals surface area (Å²) in [6.07, 6.45) is 0.186. The number of hydrogen-bond acceptors (Lipinski definition) is 5. The van der Waals surface area contributed by atoms with Crippen molar-refractivity contribution >= 4 is 11.7 Å². The predicted molar refractivity (Wildman–Crippen MR) is 67.8 cm³/mol. The first-order chi connectivity index (χ1) is 9.00. The third-order valence-electron chi connectivity index (χ3n) is 3.03. The van der Waals surface area contributed by atoms with E-state index in [1.54, 1.807) is 25.3 Å². The molecule has 6 nitrogen and oxygen atoms in total. The number of carboxylic acids is 1. The molecule has 102 valence electrons. The smallest absolute Gasteiger partial charge is 0.351 e. The highest BCUT2D eigenvalue weighted by atomic mass is 16.7. The molecule has 0 saturated heterocycles. The largest absolute Gasteiger partial charge is 0.497 e. The summed E-state index contributed by atoms with van der Waals surface area (Å²) >= 11 is 0. The van der Waals surface area contributed by atoms with E-state index in [1.165, 1.54) is 14.0 Å². The number of benzene rings is 1. The van der Waals surface area contributed by atoms with Crippen LogP contribution in [0, 0.1) is 0 Å². The summed E-state index contributed by atoms with van der Waals surface area (Å²) in [6, 6.07) is 5.25. The number of rotatable bonds is 4. The average molecular weight is 265 g/mol. The van der Waals surface area contributed by atoms with Crippen LogP contribution in [0.15, 0.2) is 23.4 Å². The van der Waals surface area contributed by atoms with Crippen LogP contribution in [0.25, 0.3) is 0 Å². The maximum atomic E-state index is 11.1. The van der Waals surface area contributed by atoms with E-state index in [0.717, 1.165) is 0 Å². The minimum atomic E-state index is -1.32. The van der Waals surface area contributed by atoms with E-state index in [-0.39, 0.29) is 6.42 Å². The van der Waals surface area contributed by atoms with E-state index in [9.17, 15) is 4.79 Å². The molecular weight excluding hydrogens is 250 g/mol. The van der Waals surface area contributed by atoms with Crippen molar-refractivity contribution in [2.75, 3.05) is 14.2 Å². The van der Waals surface area contributed by atoms with Gasteiger partial charge in [0, 0.05) is 18.1 Å². The first kappa shape index (κ1) is 13.2. The van der Waals surface area contributed by atoms with Crippen molar-refractivity contribution in [2.24, 2.45) is 5.16 Å². The molecule has 0 amide bonds. The lowest BCUT2D eigenvalue weighted by Crippen LogP contribution is -2.35. The Balaban J connectivity index is 2.32. The van der Waals surface area contributed by atoms with Crippen LogP contribution in [-0.2, 0) is 9.63 Å². The van der Waals surface area contributed by atoms with Crippen molar-refractivity contribution in [1.29, 1.82) is 0 Å². The van der Waals surface area contributed by atoms with Gasteiger partial charge < -0.3 is 19.4 Å². The first-order valence-electron chi connectivity index (χ1n) is 5.71. The number of carbonyl (C=O) groups is 1. The normalized spacial score (nSPS) is 21.5. The van der Waals surface area contributed by atoms with Gasteiger partial charge in [0.05, 0.1) is 19.9 Å². The molecule has 6 heteroatoms. The van der Waals surface area contributed by atoms with Crippen LogP contribution < -0.4 is 9.47 Å². The molecule has 1 aliphatic heterocycles. The van der Waals surface area contributed by atoms with Crippen LogP contribution in [0.5, 0.6) is 11.5 Å². The summed E-state index contributed by atoms with van der Waals surface area (Å²) < 4.78 is 10.4. The standard InChI is InChI=1S/C13H15NO5/c1-13(12(15)16)7-10(14-19-13)9-5-4-8(17-2)6-11(9)18-3/h4-6H,7H2,1-3H3,(H,15,16). The molecule has 0 fully saturated rings. The molecule has 1 aliphatic rings. The lowest BCUT2D eigenvalue weighted by molar-refractivity contribution is -0.160. The number of methoxy groups -OCH3 is 2. The zero-order valence-corrected chi connectivity index (χ0v) is 11.0. The molecule has 0 saturated carbocycles. The number of ether oxygens (including phenoxy) is 2. The highest BCUT2D eigenvalue weighted by Gasteiger charge is 2.42. The number of aliphatic carboxylic acids is 1. The Kier molecular flexibility index (Phi) is 3.33. The molecule has 1 heterocycles. The zero-order valence-electron chi connectivity index (χ0n) is 11.0. The summed E-state index contributed by atoms with van der Waals surface area (Å²) in [7, 11) is 3.09. The monoisotopic (exact) mass is 265 g/mol. The summed E-state index contributed by atoms with van der Waals surface area (Å²) in [5.41, 5.74) is -0.0713. The first-order valence-corrected chi connectivity index (χ1v) is 5.71. The highest BCUT2D eigenvalue weighted by molar-refractivity contribution is 6.06. The van der Waals surface area contributed by atoms with Gasteiger partial charge in [-0.1, -0.05) is 5.16 Å². The fraction of sp³-hybridized carbons (Fsp3) is 0.385. The number of hydrogen-bond donors (Lipinski definition) is 1. The Hall–Kier alpha value is -2.24. The molecule has 1 aromatic carbocycles. The maximum absolute atomic E-state index is 11.1. The second-order valence-corrected chi connectivity index (χ2v) is 4.41. The third kappa shape index (κ3) is 2.33. The molecule has 0 radical (unpaired) electrons. The molecule has 1 N–H and O–H groups in total. The lowest BCUT2D eigenvalue weighted by Gasteiger charge is -2.15. The van der Waals surface area contributed by atoms with Crippen LogP contribution in [0.1, 0.15) is 18.9 Å². The lowest BCUT2D eigenvalue weighted by atomic mass is 9.95. The van der Waals surface area contributed by atoms with Gasteiger partial charge in [-0.3, -0.25) is 0 Å². The van der Waals surface area contributed by atoms with Gasteiger partial charge in [0.1, 0.15) is 11.5 Å². The summed E-state index contributed by atoms with van der Waals surface area (Å²) in [4.78, 5) is 16.1. The van der Waals surface area contributed by atoms with Crippen molar-refractivity contribution in [3.63, 3.8) is 0 Å². The second-order valence-electron chi connectivity index (χ2n) is 4.41. The molecule has 19 heavy (non-hydrogen) atoms. The molecule has 2 rings (SSSR count). The Morgan fingerprint density at radius 2 is 2.16 bits per heavy atom. The van der Waals surface area contributed by atoms with E-state index in [0.29, 0.717) is 22.8 Å². The third-order valence-corrected chi connectivity index (χ3v) is 3.03. The second kappa shape index (κ2) is 4.79. The van der Waals surface area contributed by atoms with Crippen molar-refractivity contribution in [3.05, 3.63) is 23.8 Å². The molecule has 1 aromatic rings. The highest BCUT2D eigenvalue weighted by Crippen LogP contribution is 2.32. The van der Waals surface area contributed by atoms with Gasteiger partial charge in [0.2, 0.25) is 5.60 Å². The van der Waals surface area contributed by atoms with Gasteiger partial charge in [0.15, 0.2) is 0 Å². The van der Waals surface area contributed by atoms with Gasteiger partial charge in [0.25, 0.3) is 0 Å².